The Hall–Kier alpha value is -1.77. The number of nitrogens with one attached hydrogen (secondary N) is 2. The molecule has 2 unspecified atom stereocenters. The van der Waals surface area contributed by atoms with Crippen molar-refractivity contribution in [3.63, 3.8) is 0 Å². The molecule has 9 heteroatoms. The summed E-state index contributed by atoms with van der Waals surface area (Å²) in [6.45, 7) is 2.00. The van der Waals surface area contributed by atoms with Crippen LogP contribution in [0.2, 0.25) is 0 Å². The van der Waals surface area contributed by atoms with Gasteiger partial charge in [-0.1, -0.05) is 6.92 Å². The van der Waals surface area contributed by atoms with Gasteiger partial charge in [0.15, 0.2) is 11.5 Å². The summed E-state index contributed by atoms with van der Waals surface area (Å²) >= 11 is 1.58. The number of aromatic amines is 1. The van der Waals surface area contributed by atoms with Crippen molar-refractivity contribution in [3.05, 3.63) is 17.8 Å². The van der Waals surface area contributed by atoms with Gasteiger partial charge in [0.25, 0.3) is 0 Å². The summed E-state index contributed by atoms with van der Waals surface area (Å²) in [6.07, 6.45) is -3.54. The first kappa shape index (κ1) is 15.1. The molecule has 2 atom stereocenters. The van der Waals surface area contributed by atoms with Crippen LogP contribution in [0.15, 0.2) is 12.1 Å². The third-order valence-electron chi connectivity index (χ3n) is 3.60. The molecule has 0 spiro atoms. The van der Waals surface area contributed by atoms with Gasteiger partial charge in [-0.25, -0.2) is 4.98 Å². The van der Waals surface area contributed by atoms with E-state index in [-0.39, 0.29) is 28.5 Å². The van der Waals surface area contributed by atoms with E-state index in [1.165, 1.54) is 6.07 Å². The third-order valence-corrected chi connectivity index (χ3v) is 5.11. The number of carbonyl (C=O) groups is 1. The first-order valence-corrected chi connectivity index (χ1v) is 7.76. The molecule has 0 aliphatic carbocycles. The number of H-pyrrole nitrogens is 1. The molecule has 2 N–H and O–H groups in total. The Morgan fingerprint density at radius 1 is 1.45 bits per heavy atom. The Morgan fingerprint density at radius 3 is 2.86 bits per heavy atom. The summed E-state index contributed by atoms with van der Waals surface area (Å²) in [4.78, 5) is 15.7. The molecule has 1 fully saturated rings. The van der Waals surface area contributed by atoms with Crippen LogP contribution in [0.25, 0.3) is 11.0 Å². The number of anilines is 1. The summed E-state index contributed by atoms with van der Waals surface area (Å²) in [5, 5.41) is 9.16. The quantitative estimate of drug-likeness (QED) is 0.888. The first-order chi connectivity index (χ1) is 10.4. The highest BCUT2D eigenvalue weighted by molar-refractivity contribution is 8.00. The molecule has 0 radical (unpaired) electrons. The zero-order chi connectivity index (χ0) is 15.9. The van der Waals surface area contributed by atoms with Crippen LogP contribution in [0.5, 0.6) is 0 Å². The SMILES string of the molecule is CC1CCSC1C(=O)Nc1n[nH]c2nc(C(F)(F)F)ccc12. The molecule has 5 nitrogen and oxygen atoms in total. The van der Waals surface area contributed by atoms with E-state index in [2.05, 4.69) is 20.5 Å². The number of hydrogen-bond acceptors (Lipinski definition) is 4. The van der Waals surface area contributed by atoms with Crippen LogP contribution in [0.1, 0.15) is 19.0 Å². The molecule has 1 saturated heterocycles. The summed E-state index contributed by atoms with van der Waals surface area (Å²) in [5.41, 5.74) is -1.00. The Bertz CT molecular complexity index is 715. The van der Waals surface area contributed by atoms with Gasteiger partial charge >= 0.3 is 6.18 Å². The second kappa shape index (κ2) is 5.45. The predicted molar refractivity (Wildman–Crippen MR) is 77.5 cm³/mol. The third kappa shape index (κ3) is 2.77. The number of fused-ring (bicyclic) bond motifs is 1. The Labute approximate surface area is 128 Å². The van der Waals surface area contributed by atoms with Crippen LogP contribution in [-0.2, 0) is 11.0 Å². The second-order valence-electron chi connectivity index (χ2n) is 5.21. The number of nitrogens with zero attached hydrogens (tertiary/aromatic N) is 2. The Balaban J connectivity index is 1.84. The monoisotopic (exact) mass is 330 g/mol. The van der Waals surface area contributed by atoms with Gasteiger partial charge in [-0.2, -0.15) is 18.3 Å². The molecule has 3 rings (SSSR count). The molecular formula is C13H13F3N4OS. The lowest BCUT2D eigenvalue weighted by molar-refractivity contribution is -0.141. The predicted octanol–water partition coefficient (Wildman–Crippen LogP) is 3.06. The van der Waals surface area contributed by atoms with E-state index in [0.29, 0.717) is 5.39 Å². The molecule has 0 saturated carbocycles. The molecule has 118 valence electrons. The maximum Gasteiger partial charge on any atom is 0.433 e. The highest BCUT2D eigenvalue weighted by atomic mass is 32.2. The van der Waals surface area contributed by atoms with E-state index in [4.69, 9.17) is 0 Å². The van der Waals surface area contributed by atoms with Crippen LogP contribution in [-0.4, -0.2) is 32.1 Å². The lowest BCUT2D eigenvalue weighted by Crippen LogP contribution is -2.27. The maximum atomic E-state index is 12.6. The van der Waals surface area contributed by atoms with Crippen molar-refractivity contribution in [2.24, 2.45) is 5.92 Å². The number of carbonyl (C=O) groups excluding carboxylic acids is 1. The molecule has 1 amide bonds. The lowest BCUT2D eigenvalue weighted by Gasteiger charge is -2.13. The van der Waals surface area contributed by atoms with Crippen LogP contribution < -0.4 is 5.32 Å². The largest absolute Gasteiger partial charge is 0.433 e. The highest BCUT2D eigenvalue weighted by Gasteiger charge is 2.33. The number of amides is 1. The van der Waals surface area contributed by atoms with Gasteiger partial charge < -0.3 is 5.32 Å². The van der Waals surface area contributed by atoms with Crippen molar-refractivity contribution in [2.75, 3.05) is 11.1 Å². The van der Waals surface area contributed by atoms with Gasteiger partial charge in [-0.3, -0.25) is 9.89 Å². The van der Waals surface area contributed by atoms with Gasteiger partial charge in [0, 0.05) is 0 Å². The van der Waals surface area contributed by atoms with Gasteiger partial charge in [0.2, 0.25) is 5.91 Å². The van der Waals surface area contributed by atoms with E-state index in [9.17, 15) is 18.0 Å². The van der Waals surface area contributed by atoms with Crippen LogP contribution in [0.3, 0.4) is 0 Å². The van der Waals surface area contributed by atoms with Crippen molar-refractivity contribution in [1.29, 1.82) is 0 Å². The van der Waals surface area contributed by atoms with Gasteiger partial charge in [0.05, 0.1) is 10.6 Å². The maximum absolute atomic E-state index is 12.6. The fourth-order valence-corrected chi connectivity index (χ4v) is 3.81. The number of thioether (sulfide) groups is 1. The summed E-state index contributed by atoms with van der Waals surface area (Å²) in [7, 11) is 0. The average Bonchev–Trinajstić information content (AvgIpc) is 3.04. The molecule has 1 aliphatic heterocycles. The number of pyridine rings is 1. The number of aromatic nitrogens is 3. The minimum atomic E-state index is -4.52. The van der Waals surface area contributed by atoms with Crippen LogP contribution in [0.4, 0.5) is 19.0 Å². The normalized spacial score (nSPS) is 22.2. The zero-order valence-corrected chi connectivity index (χ0v) is 12.4. The van der Waals surface area contributed by atoms with E-state index in [1.807, 2.05) is 6.92 Å². The van der Waals surface area contributed by atoms with Crippen molar-refractivity contribution < 1.29 is 18.0 Å². The topological polar surface area (TPSA) is 70.7 Å². The molecule has 3 heterocycles. The molecule has 2 aromatic heterocycles. The molecule has 0 bridgehead atoms. The standard InChI is InChI=1S/C13H13F3N4OS/c1-6-4-5-22-9(6)12(21)18-11-7-2-3-8(13(14,15)16)17-10(7)19-20-11/h2-3,6,9H,4-5H2,1H3,(H2,17,18,19,20,21). The van der Waals surface area contributed by atoms with Crippen molar-refractivity contribution in [1.82, 2.24) is 15.2 Å². The number of rotatable bonds is 2. The van der Waals surface area contributed by atoms with Gasteiger partial charge in [0.1, 0.15) is 5.69 Å². The summed E-state index contributed by atoms with van der Waals surface area (Å²) in [6, 6.07) is 2.13. The zero-order valence-electron chi connectivity index (χ0n) is 11.6. The van der Waals surface area contributed by atoms with Crippen molar-refractivity contribution in [2.45, 2.75) is 24.8 Å². The minimum absolute atomic E-state index is 0.00255. The molecule has 22 heavy (non-hydrogen) atoms. The van der Waals surface area contributed by atoms with E-state index in [0.717, 1.165) is 18.2 Å². The highest BCUT2D eigenvalue weighted by Crippen LogP contribution is 2.33. The van der Waals surface area contributed by atoms with Crippen LogP contribution in [0, 0.1) is 5.92 Å². The first-order valence-electron chi connectivity index (χ1n) is 6.71. The van der Waals surface area contributed by atoms with Crippen LogP contribution >= 0.6 is 11.8 Å². The number of alkyl halides is 3. The number of hydrogen-bond donors (Lipinski definition) is 2. The van der Waals surface area contributed by atoms with Gasteiger partial charge in [-0.15, -0.1) is 11.8 Å². The van der Waals surface area contributed by atoms with E-state index in [1.54, 1.807) is 11.8 Å². The Kier molecular flexibility index (Phi) is 3.75. The molecule has 2 aromatic rings. The van der Waals surface area contributed by atoms with E-state index < -0.39 is 11.9 Å². The smallest absolute Gasteiger partial charge is 0.308 e. The van der Waals surface area contributed by atoms with Gasteiger partial charge in [-0.05, 0) is 30.2 Å². The minimum Gasteiger partial charge on any atom is -0.308 e. The average molecular weight is 330 g/mol. The second-order valence-corrected chi connectivity index (χ2v) is 6.46. The summed E-state index contributed by atoms with van der Waals surface area (Å²) < 4.78 is 37.8. The molecular weight excluding hydrogens is 317 g/mol. The Morgan fingerprint density at radius 2 is 2.23 bits per heavy atom. The summed E-state index contributed by atoms with van der Waals surface area (Å²) in [5.74, 6) is 1.23. The molecule has 0 aromatic carbocycles. The molecule has 1 aliphatic rings. The van der Waals surface area contributed by atoms with Crippen molar-refractivity contribution in [3.8, 4) is 0 Å². The number of halogens is 3. The van der Waals surface area contributed by atoms with E-state index >= 15 is 0 Å². The lowest BCUT2D eigenvalue weighted by atomic mass is 10.0. The fourth-order valence-electron chi connectivity index (χ4n) is 2.38. The van der Waals surface area contributed by atoms with Crippen molar-refractivity contribution >= 4 is 34.5 Å². The fraction of sp³-hybridized carbons (Fsp3) is 0.462.